The lowest BCUT2D eigenvalue weighted by Crippen LogP contribution is -2.00. The van der Waals surface area contributed by atoms with E-state index in [0.717, 1.165) is 16.1 Å². The number of aromatic nitrogens is 3. The Bertz CT molecular complexity index is 289. The number of thioether (sulfide) groups is 2. The Morgan fingerprint density at radius 3 is 2.15 bits per heavy atom. The monoisotopic (exact) mass is 214 g/mol. The summed E-state index contributed by atoms with van der Waals surface area (Å²) >= 11 is 3.01. The van der Waals surface area contributed by atoms with Crippen LogP contribution in [0.4, 0.5) is 0 Å². The lowest BCUT2D eigenvalue weighted by Gasteiger charge is -2.02. The largest absolute Gasteiger partial charge is 0.207 e. The van der Waals surface area contributed by atoms with Gasteiger partial charge >= 0.3 is 0 Å². The molecule has 0 fully saturated rings. The Balaban J connectivity index is 2.92. The van der Waals surface area contributed by atoms with E-state index in [0.29, 0.717) is 6.42 Å². The van der Waals surface area contributed by atoms with E-state index in [9.17, 15) is 0 Å². The van der Waals surface area contributed by atoms with Crippen LogP contribution in [-0.4, -0.2) is 35.3 Å². The minimum atomic E-state index is -0.165. The molecule has 3 nitrogen and oxygen atoms in total. The van der Waals surface area contributed by atoms with Crippen LogP contribution < -0.4 is 0 Å². The summed E-state index contributed by atoms with van der Waals surface area (Å²) in [5.74, 6) is 0.719. The highest BCUT2D eigenvalue weighted by Crippen LogP contribution is 2.14. The first kappa shape index (κ1) is 9.33. The fourth-order valence-corrected chi connectivity index (χ4v) is 1.64. The zero-order chi connectivity index (χ0) is 10.6. The van der Waals surface area contributed by atoms with Crippen LogP contribution in [0.3, 0.4) is 0 Å². The minimum Gasteiger partial charge on any atom is -0.207 e. The van der Waals surface area contributed by atoms with E-state index in [4.69, 9.17) is 1.37 Å². The molecular weight excluding hydrogens is 201 g/mol. The van der Waals surface area contributed by atoms with Crippen molar-refractivity contribution in [3.8, 4) is 0 Å². The van der Waals surface area contributed by atoms with Gasteiger partial charge in [0, 0.05) is 7.79 Å². The lowest BCUT2D eigenvalue weighted by atomic mass is 10.0. The molecule has 1 aromatic heterocycles. The number of aryl methyl sites for hydroxylation is 1. The topological polar surface area (TPSA) is 38.7 Å². The molecule has 1 rings (SSSR count). The Hall–Kier alpha value is -0.225. The molecular formula is C7H12BN3S2. The minimum absolute atomic E-state index is 0.165. The predicted octanol–water partition coefficient (Wildman–Crippen LogP) is 0.909. The highest BCUT2D eigenvalue weighted by Gasteiger charge is 2.03. The van der Waals surface area contributed by atoms with Gasteiger partial charge in [0.1, 0.15) is 13.7 Å². The number of nitrogens with zero attached hydrogens (tertiary/aromatic N) is 3. The van der Waals surface area contributed by atoms with Crippen LogP contribution in [0.2, 0.25) is 6.30 Å². The number of hydrogen-bond donors (Lipinski definition) is 0. The molecule has 6 heteroatoms. The molecule has 0 aliphatic heterocycles. The van der Waals surface area contributed by atoms with Crippen LogP contribution in [-0.2, 0) is 6.42 Å². The van der Waals surface area contributed by atoms with Gasteiger partial charge in [-0.2, -0.15) is 4.98 Å². The molecule has 0 aromatic carbocycles. The maximum atomic E-state index is 7.46. The highest BCUT2D eigenvalue weighted by molar-refractivity contribution is 7.99. The van der Waals surface area contributed by atoms with Crippen molar-refractivity contribution in [3.05, 3.63) is 5.82 Å². The van der Waals surface area contributed by atoms with Gasteiger partial charge in [0.2, 0.25) is 0 Å². The van der Waals surface area contributed by atoms with Crippen LogP contribution in [0.25, 0.3) is 0 Å². The predicted molar refractivity (Wildman–Crippen MR) is 60.4 cm³/mol. The molecule has 70 valence electrons. The molecule has 0 amide bonds. The van der Waals surface area contributed by atoms with E-state index in [1.54, 1.807) is 0 Å². The summed E-state index contributed by atoms with van der Waals surface area (Å²) in [5.41, 5.74) is 0. The molecule has 0 saturated carbocycles. The van der Waals surface area contributed by atoms with Crippen LogP contribution in [0.15, 0.2) is 10.3 Å². The van der Waals surface area contributed by atoms with E-state index in [1.807, 2.05) is 20.4 Å². The summed E-state index contributed by atoms with van der Waals surface area (Å²) in [6, 6.07) is 0. The average molecular weight is 214 g/mol. The van der Waals surface area contributed by atoms with Gasteiger partial charge in [-0.1, -0.05) is 29.8 Å². The third-order valence-corrected chi connectivity index (χ3v) is 2.49. The second kappa shape index (κ2) is 5.49. The summed E-state index contributed by atoms with van der Waals surface area (Å²) in [7, 11) is 1.83. The molecule has 0 aliphatic carbocycles. The molecule has 1 atom stereocenters. The molecule has 1 aromatic rings. The van der Waals surface area contributed by atoms with Crippen LogP contribution >= 0.6 is 23.5 Å². The normalized spacial score (nSPS) is 13.8. The smallest absolute Gasteiger partial charge is 0.191 e. The van der Waals surface area contributed by atoms with Gasteiger partial charge in [-0.05, 0) is 12.5 Å². The van der Waals surface area contributed by atoms with Crippen LogP contribution in [0.5, 0.6) is 0 Å². The van der Waals surface area contributed by atoms with Crippen molar-refractivity contribution < 1.29 is 1.37 Å². The van der Waals surface area contributed by atoms with Crippen molar-refractivity contribution in [1.82, 2.24) is 15.0 Å². The van der Waals surface area contributed by atoms with Gasteiger partial charge in [0.05, 0.1) is 0 Å². The molecule has 0 radical (unpaired) electrons. The van der Waals surface area contributed by atoms with E-state index < -0.39 is 0 Å². The van der Waals surface area contributed by atoms with Gasteiger partial charge in [-0.15, -0.1) is 0 Å². The SMILES string of the molecule is [2H]C(B)Cc1nc(SC)nc(SC)n1. The highest BCUT2D eigenvalue weighted by atomic mass is 32.2. The van der Waals surface area contributed by atoms with Crippen molar-refractivity contribution >= 4 is 31.4 Å². The Morgan fingerprint density at radius 2 is 1.77 bits per heavy atom. The summed E-state index contributed by atoms with van der Waals surface area (Å²) < 4.78 is 7.46. The zero-order valence-corrected chi connectivity index (χ0v) is 9.58. The van der Waals surface area contributed by atoms with Crippen molar-refractivity contribution in [2.24, 2.45) is 0 Å². The fraction of sp³-hybridized carbons (Fsp3) is 0.571. The van der Waals surface area contributed by atoms with E-state index in [1.165, 1.54) is 23.5 Å². The van der Waals surface area contributed by atoms with Gasteiger partial charge in [-0.25, -0.2) is 9.97 Å². The van der Waals surface area contributed by atoms with Crippen LogP contribution in [0, 0.1) is 0 Å². The van der Waals surface area contributed by atoms with E-state index in [-0.39, 0.29) is 6.30 Å². The third-order valence-electron chi connectivity index (χ3n) is 1.39. The first-order valence-electron chi connectivity index (χ1n) is 4.48. The molecule has 0 spiro atoms. The Kier molecular flexibility index (Phi) is 3.94. The van der Waals surface area contributed by atoms with E-state index in [2.05, 4.69) is 15.0 Å². The second-order valence-corrected chi connectivity index (χ2v) is 3.88. The molecule has 0 aliphatic rings. The quantitative estimate of drug-likeness (QED) is 0.550. The van der Waals surface area contributed by atoms with Crippen molar-refractivity contribution in [2.45, 2.75) is 23.0 Å². The molecule has 1 unspecified atom stereocenters. The van der Waals surface area contributed by atoms with Gasteiger partial charge < -0.3 is 0 Å². The summed E-state index contributed by atoms with van der Waals surface area (Å²) in [4.78, 5) is 12.7. The maximum absolute atomic E-state index is 7.46. The summed E-state index contributed by atoms with van der Waals surface area (Å²) in [6.07, 6.45) is 4.30. The molecule has 13 heavy (non-hydrogen) atoms. The standard InChI is InChI=1S/C7H12BN3S2/c1-12-6-9-5(3-4-8)10-7(11-6)13-2/h3-4,8H2,1-2H3/i4D. The van der Waals surface area contributed by atoms with E-state index >= 15 is 0 Å². The molecule has 0 bridgehead atoms. The van der Waals surface area contributed by atoms with Gasteiger partial charge in [0.25, 0.3) is 0 Å². The lowest BCUT2D eigenvalue weighted by molar-refractivity contribution is 0.740. The molecule has 0 N–H and O–H groups in total. The second-order valence-electron chi connectivity index (χ2n) is 2.34. The number of hydrogen-bond acceptors (Lipinski definition) is 5. The summed E-state index contributed by atoms with van der Waals surface area (Å²) in [5, 5.41) is 1.47. The zero-order valence-electron chi connectivity index (χ0n) is 8.94. The van der Waals surface area contributed by atoms with Crippen molar-refractivity contribution in [3.63, 3.8) is 0 Å². The van der Waals surface area contributed by atoms with Gasteiger partial charge in [0.15, 0.2) is 10.3 Å². The van der Waals surface area contributed by atoms with Crippen molar-refractivity contribution in [2.75, 3.05) is 12.5 Å². The maximum Gasteiger partial charge on any atom is 0.191 e. The first-order valence-corrected chi connectivity index (χ1v) is 6.36. The Labute approximate surface area is 89.4 Å². The summed E-state index contributed by atoms with van der Waals surface area (Å²) in [6.45, 7) is 0. The first-order chi connectivity index (χ1) is 6.65. The van der Waals surface area contributed by atoms with Gasteiger partial charge in [-0.3, -0.25) is 0 Å². The fourth-order valence-electron chi connectivity index (χ4n) is 0.834. The van der Waals surface area contributed by atoms with Crippen LogP contribution in [0.1, 0.15) is 7.20 Å². The average Bonchev–Trinajstić information content (AvgIpc) is 2.16. The molecule has 0 saturated heterocycles. The van der Waals surface area contributed by atoms with Crippen molar-refractivity contribution in [1.29, 1.82) is 0 Å². The molecule has 1 heterocycles. The third kappa shape index (κ3) is 3.19. The number of rotatable bonds is 4. The Morgan fingerprint density at radius 1 is 1.23 bits per heavy atom.